The Hall–Kier alpha value is -2.57. The number of hydrogen-bond donors (Lipinski definition) is 0. The van der Waals surface area contributed by atoms with Crippen molar-refractivity contribution in [1.82, 2.24) is 9.55 Å². The molecule has 1 aliphatic carbocycles. The van der Waals surface area contributed by atoms with Gasteiger partial charge >= 0.3 is 5.97 Å². The number of unbranched alkanes of at least 4 members (excludes halogenated alkanes) is 1. The molecule has 1 atom stereocenters. The predicted molar refractivity (Wildman–Crippen MR) is 114 cm³/mol. The third-order valence-electron chi connectivity index (χ3n) is 5.57. The monoisotopic (exact) mass is 415 g/mol. The first kappa shape index (κ1) is 22.1. The van der Waals surface area contributed by atoms with E-state index in [0.29, 0.717) is 32.0 Å². The first-order valence-electron chi connectivity index (χ1n) is 11.1. The van der Waals surface area contributed by atoms with Gasteiger partial charge in [0, 0.05) is 31.2 Å². The summed E-state index contributed by atoms with van der Waals surface area (Å²) in [5, 5.41) is 4.65. The van der Waals surface area contributed by atoms with Gasteiger partial charge in [-0.25, -0.2) is 4.98 Å². The molecule has 0 spiro atoms. The number of esters is 1. The van der Waals surface area contributed by atoms with Crippen LogP contribution in [0, 0.1) is 5.92 Å². The molecule has 0 radical (unpaired) electrons. The lowest BCUT2D eigenvalue weighted by atomic mass is 9.82. The molecule has 1 aliphatic rings. The minimum Gasteiger partial charge on any atom is -0.469 e. The van der Waals surface area contributed by atoms with E-state index in [9.17, 15) is 4.79 Å². The average Bonchev–Trinajstić information content (AvgIpc) is 3.47. The zero-order valence-corrected chi connectivity index (χ0v) is 17.9. The standard InChI is InChI=1S/C23H33N3O4/c1-2-28-22(27)12-6-7-16-30-25-23(19-9-4-3-5-10-19)21(26-14-13-24-18-26)17-20-11-8-15-29-20/h8,11,13-15,18-19,21H,2-7,9-10,12,16-17H2,1H3/b25-23+. The Morgan fingerprint density at radius 1 is 1.33 bits per heavy atom. The van der Waals surface area contributed by atoms with Gasteiger partial charge in [0.25, 0.3) is 0 Å². The van der Waals surface area contributed by atoms with Crippen molar-refractivity contribution >= 4 is 11.7 Å². The molecule has 0 bridgehead atoms. The fourth-order valence-corrected chi connectivity index (χ4v) is 4.03. The first-order chi connectivity index (χ1) is 14.8. The Balaban J connectivity index is 1.66. The van der Waals surface area contributed by atoms with Crippen LogP contribution >= 0.6 is 0 Å². The van der Waals surface area contributed by atoms with Crippen molar-refractivity contribution in [1.29, 1.82) is 0 Å². The number of rotatable bonds is 12. The summed E-state index contributed by atoms with van der Waals surface area (Å²) in [7, 11) is 0. The van der Waals surface area contributed by atoms with Crippen molar-refractivity contribution in [2.24, 2.45) is 11.1 Å². The Morgan fingerprint density at radius 3 is 2.90 bits per heavy atom. The van der Waals surface area contributed by atoms with Crippen molar-refractivity contribution in [2.45, 2.75) is 70.8 Å². The largest absolute Gasteiger partial charge is 0.469 e. The summed E-state index contributed by atoms with van der Waals surface area (Å²) in [5.74, 6) is 1.18. The van der Waals surface area contributed by atoms with Gasteiger partial charge in [-0.2, -0.15) is 0 Å². The lowest BCUT2D eigenvalue weighted by molar-refractivity contribution is -0.143. The second-order valence-electron chi connectivity index (χ2n) is 7.76. The van der Waals surface area contributed by atoms with Crippen LogP contribution in [0.3, 0.4) is 0 Å². The fraction of sp³-hybridized carbons (Fsp3) is 0.609. The van der Waals surface area contributed by atoms with E-state index in [2.05, 4.69) is 14.7 Å². The molecule has 1 unspecified atom stereocenters. The van der Waals surface area contributed by atoms with Crippen molar-refractivity contribution in [2.75, 3.05) is 13.2 Å². The van der Waals surface area contributed by atoms with E-state index in [-0.39, 0.29) is 12.0 Å². The molecule has 0 aliphatic heterocycles. The first-order valence-corrected chi connectivity index (χ1v) is 11.1. The highest BCUT2D eigenvalue weighted by atomic mass is 16.6. The molecule has 2 aromatic heterocycles. The van der Waals surface area contributed by atoms with Gasteiger partial charge < -0.3 is 18.6 Å². The van der Waals surface area contributed by atoms with Crippen LogP contribution in [0.15, 0.2) is 46.7 Å². The quantitative estimate of drug-likeness (QED) is 0.212. The van der Waals surface area contributed by atoms with Crippen LogP contribution in [-0.2, 0) is 20.8 Å². The molecule has 0 N–H and O–H groups in total. The average molecular weight is 416 g/mol. The molecule has 7 nitrogen and oxygen atoms in total. The molecule has 164 valence electrons. The van der Waals surface area contributed by atoms with E-state index in [1.165, 1.54) is 19.3 Å². The predicted octanol–water partition coefficient (Wildman–Crippen LogP) is 4.95. The molecule has 1 saturated carbocycles. The maximum atomic E-state index is 11.5. The molecular weight excluding hydrogens is 382 g/mol. The second kappa shape index (κ2) is 12.2. The number of nitrogens with zero attached hydrogens (tertiary/aromatic N) is 3. The number of carbonyl (C=O) groups excluding carboxylic acids is 1. The summed E-state index contributed by atoms with van der Waals surface area (Å²) in [5.41, 5.74) is 1.06. The van der Waals surface area contributed by atoms with E-state index in [1.54, 1.807) is 12.5 Å². The van der Waals surface area contributed by atoms with Gasteiger partial charge in [-0.3, -0.25) is 4.79 Å². The van der Waals surface area contributed by atoms with Crippen LogP contribution in [0.4, 0.5) is 0 Å². The Kier molecular flexibility index (Phi) is 9.00. The van der Waals surface area contributed by atoms with Crippen LogP contribution in [0.25, 0.3) is 0 Å². The number of oxime groups is 1. The molecule has 7 heteroatoms. The lowest BCUT2D eigenvalue weighted by Crippen LogP contribution is -2.29. The zero-order valence-electron chi connectivity index (χ0n) is 17.9. The van der Waals surface area contributed by atoms with Crippen LogP contribution in [0.1, 0.15) is 70.1 Å². The fourth-order valence-electron chi connectivity index (χ4n) is 4.03. The summed E-state index contributed by atoms with van der Waals surface area (Å²) in [4.78, 5) is 21.5. The van der Waals surface area contributed by atoms with Gasteiger partial charge in [-0.05, 0) is 44.7 Å². The maximum Gasteiger partial charge on any atom is 0.305 e. The number of furan rings is 1. The Labute approximate surface area is 178 Å². The zero-order chi connectivity index (χ0) is 21.0. The molecular formula is C23H33N3O4. The summed E-state index contributed by atoms with van der Waals surface area (Å²) < 4.78 is 12.7. The van der Waals surface area contributed by atoms with Crippen LogP contribution in [0.5, 0.6) is 0 Å². The SMILES string of the molecule is CCOC(=O)CCCCO/N=C(\C1CCCCC1)C(Cc1ccco1)n1ccnc1. The smallest absolute Gasteiger partial charge is 0.305 e. The number of hydrogen-bond acceptors (Lipinski definition) is 6. The molecule has 0 aromatic carbocycles. The number of aromatic nitrogens is 2. The third-order valence-corrected chi connectivity index (χ3v) is 5.57. The van der Waals surface area contributed by atoms with Gasteiger partial charge in [0.05, 0.1) is 31.0 Å². The molecule has 2 aromatic rings. The van der Waals surface area contributed by atoms with Crippen molar-refractivity contribution in [3.63, 3.8) is 0 Å². The molecule has 30 heavy (non-hydrogen) atoms. The lowest BCUT2D eigenvalue weighted by Gasteiger charge is -2.28. The third kappa shape index (κ3) is 6.75. The highest BCUT2D eigenvalue weighted by molar-refractivity contribution is 5.90. The molecule has 1 fully saturated rings. The van der Waals surface area contributed by atoms with Crippen molar-refractivity contribution in [3.8, 4) is 0 Å². The Morgan fingerprint density at radius 2 is 2.20 bits per heavy atom. The van der Waals surface area contributed by atoms with Crippen molar-refractivity contribution < 1.29 is 18.8 Å². The summed E-state index contributed by atoms with van der Waals surface area (Å²) in [6.07, 6.45) is 16.0. The highest BCUT2D eigenvalue weighted by Gasteiger charge is 2.29. The van der Waals surface area contributed by atoms with Crippen LogP contribution in [-0.4, -0.2) is 34.4 Å². The van der Waals surface area contributed by atoms with Crippen LogP contribution < -0.4 is 0 Å². The molecule has 3 rings (SSSR count). The molecule has 2 heterocycles. The number of carbonyl (C=O) groups is 1. The van der Waals surface area contributed by atoms with Gasteiger partial charge in [0.15, 0.2) is 0 Å². The Bertz CT molecular complexity index is 750. The second-order valence-corrected chi connectivity index (χ2v) is 7.76. The number of imidazole rings is 1. The maximum absolute atomic E-state index is 11.5. The topological polar surface area (TPSA) is 78.9 Å². The minimum absolute atomic E-state index is 0.0151. The van der Waals surface area contributed by atoms with Gasteiger partial charge in [0.1, 0.15) is 12.4 Å². The van der Waals surface area contributed by atoms with E-state index in [4.69, 9.17) is 14.0 Å². The summed E-state index contributed by atoms with van der Waals surface area (Å²) in [6, 6.07) is 3.93. The van der Waals surface area contributed by atoms with Gasteiger partial charge in [0.2, 0.25) is 0 Å². The van der Waals surface area contributed by atoms with E-state index in [1.807, 2.05) is 31.6 Å². The van der Waals surface area contributed by atoms with Crippen molar-refractivity contribution in [3.05, 3.63) is 42.9 Å². The van der Waals surface area contributed by atoms with E-state index in [0.717, 1.165) is 37.2 Å². The van der Waals surface area contributed by atoms with E-state index < -0.39 is 0 Å². The number of ether oxygens (including phenoxy) is 1. The minimum atomic E-state index is -0.150. The summed E-state index contributed by atoms with van der Waals surface area (Å²) in [6.45, 7) is 2.74. The summed E-state index contributed by atoms with van der Waals surface area (Å²) >= 11 is 0. The highest BCUT2D eigenvalue weighted by Crippen LogP contribution is 2.31. The normalized spacial score (nSPS) is 16.4. The molecule has 0 saturated heterocycles. The van der Waals surface area contributed by atoms with E-state index >= 15 is 0 Å². The van der Waals surface area contributed by atoms with Gasteiger partial charge in [-0.15, -0.1) is 0 Å². The molecule has 0 amide bonds. The van der Waals surface area contributed by atoms with Crippen LogP contribution in [0.2, 0.25) is 0 Å². The van der Waals surface area contributed by atoms with Gasteiger partial charge in [-0.1, -0.05) is 24.4 Å².